The Kier molecular flexibility index (Phi) is 6.16. The Morgan fingerprint density at radius 2 is 1.81 bits per heavy atom. The predicted octanol–water partition coefficient (Wildman–Crippen LogP) is 2.25. The number of rotatable bonds is 5. The van der Waals surface area contributed by atoms with Gasteiger partial charge >= 0.3 is 0 Å². The third kappa shape index (κ3) is 5.07. The SMILES string of the molecule is C[C@@H](Sc1nnnn1C(C)(C)C)C(=O)N1CCN(Cc2ccccc2)CC1. The van der Waals surface area contributed by atoms with Gasteiger partial charge < -0.3 is 4.90 Å². The van der Waals surface area contributed by atoms with Crippen LogP contribution in [0.5, 0.6) is 0 Å². The molecule has 0 saturated carbocycles. The molecule has 0 spiro atoms. The van der Waals surface area contributed by atoms with Crippen LogP contribution in [-0.4, -0.2) is 67.3 Å². The van der Waals surface area contributed by atoms with Gasteiger partial charge in [0.1, 0.15) is 0 Å². The molecule has 146 valence electrons. The third-order valence-corrected chi connectivity index (χ3v) is 5.66. The number of thioether (sulfide) groups is 1. The van der Waals surface area contributed by atoms with E-state index in [1.165, 1.54) is 17.3 Å². The standard InChI is InChI=1S/C19H28N6OS/c1-15(27-18-20-21-22-25(18)19(2,3)4)17(26)24-12-10-23(11-13-24)14-16-8-6-5-7-9-16/h5-9,15H,10-14H2,1-4H3/t15-/m1/s1. The molecule has 1 aliphatic rings. The molecule has 0 radical (unpaired) electrons. The number of benzene rings is 1. The number of tetrazole rings is 1. The first kappa shape index (κ1) is 19.8. The van der Waals surface area contributed by atoms with Gasteiger partial charge in [0, 0.05) is 32.7 Å². The van der Waals surface area contributed by atoms with E-state index < -0.39 is 0 Å². The van der Waals surface area contributed by atoms with E-state index >= 15 is 0 Å². The van der Waals surface area contributed by atoms with Crippen LogP contribution in [0.15, 0.2) is 35.5 Å². The van der Waals surface area contributed by atoms with Gasteiger partial charge in [0.2, 0.25) is 11.1 Å². The molecular weight excluding hydrogens is 360 g/mol. The van der Waals surface area contributed by atoms with Crippen LogP contribution >= 0.6 is 11.8 Å². The zero-order valence-electron chi connectivity index (χ0n) is 16.5. The summed E-state index contributed by atoms with van der Waals surface area (Å²) in [5, 5.41) is 12.4. The molecule has 0 aliphatic carbocycles. The molecule has 27 heavy (non-hydrogen) atoms. The minimum Gasteiger partial charge on any atom is -0.339 e. The van der Waals surface area contributed by atoms with Crippen molar-refractivity contribution in [2.45, 2.75) is 50.2 Å². The fourth-order valence-corrected chi connectivity index (χ4v) is 4.17. The van der Waals surface area contributed by atoms with Crippen LogP contribution in [0, 0.1) is 0 Å². The minimum absolute atomic E-state index is 0.155. The summed E-state index contributed by atoms with van der Waals surface area (Å²) in [6.07, 6.45) is 0. The van der Waals surface area contributed by atoms with Crippen LogP contribution in [0.25, 0.3) is 0 Å². The number of carbonyl (C=O) groups excluding carboxylic acids is 1. The largest absolute Gasteiger partial charge is 0.339 e. The molecule has 1 aliphatic heterocycles. The van der Waals surface area contributed by atoms with Crippen molar-refractivity contribution in [1.29, 1.82) is 0 Å². The molecule has 1 aromatic carbocycles. The van der Waals surface area contributed by atoms with Crippen LogP contribution in [0.2, 0.25) is 0 Å². The van der Waals surface area contributed by atoms with Crippen molar-refractivity contribution in [3.05, 3.63) is 35.9 Å². The fraction of sp³-hybridized carbons (Fsp3) is 0.579. The van der Waals surface area contributed by atoms with Crippen LogP contribution in [0.4, 0.5) is 0 Å². The van der Waals surface area contributed by atoms with E-state index in [0.29, 0.717) is 5.16 Å². The molecule has 1 amide bonds. The van der Waals surface area contributed by atoms with Gasteiger partial charge in [-0.05, 0) is 43.7 Å². The van der Waals surface area contributed by atoms with Crippen molar-refractivity contribution in [3.8, 4) is 0 Å². The lowest BCUT2D eigenvalue weighted by molar-refractivity contribution is -0.132. The predicted molar refractivity (Wildman–Crippen MR) is 106 cm³/mol. The molecule has 3 rings (SSSR count). The summed E-state index contributed by atoms with van der Waals surface area (Å²) in [4.78, 5) is 17.2. The van der Waals surface area contributed by atoms with E-state index in [-0.39, 0.29) is 16.7 Å². The van der Waals surface area contributed by atoms with E-state index in [1.54, 1.807) is 4.68 Å². The molecule has 0 unspecified atom stereocenters. The molecule has 2 heterocycles. The van der Waals surface area contributed by atoms with E-state index in [1.807, 2.05) is 38.7 Å². The van der Waals surface area contributed by atoms with Gasteiger partial charge in [-0.3, -0.25) is 9.69 Å². The fourth-order valence-electron chi connectivity index (χ4n) is 3.11. The van der Waals surface area contributed by atoms with Gasteiger partial charge in [0.25, 0.3) is 0 Å². The molecule has 0 bridgehead atoms. The highest BCUT2D eigenvalue weighted by atomic mass is 32.2. The number of carbonyl (C=O) groups is 1. The highest BCUT2D eigenvalue weighted by Crippen LogP contribution is 2.26. The Bertz CT molecular complexity index is 749. The summed E-state index contributed by atoms with van der Waals surface area (Å²) in [5.74, 6) is 0.155. The second kappa shape index (κ2) is 8.39. The molecule has 1 atom stereocenters. The lowest BCUT2D eigenvalue weighted by Gasteiger charge is -2.35. The first-order valence-corrected chi connectivity index (χ1v) is 10.2. The summed E-state index contributed by atoms with van der Waals surface area (Å²) < 4.78 is 1.78. The third-order valence-electron chi connectivity index (χ3n) is 4.64. The van der Waals surface area contributed by atoms with Crippen LogP contribution in [-0.2, 0) is 16.9 Å². The Morgan fingerprint density at radius 3 is 2.44 bits per heavy atom. The molecule has 0 N–H and O–H groups in total. The van der Waals surface area contributed by atoms with Crippen molar-refractivity contribution in [3.63, 3.8) is 0 Å². The molecule has 1 aromatic heterocycles. The molecular formula is C19H28N6OS. The lowest BCUT2D eigenvalue weighted by atomic mass is 10.1. The zero-order valence-corrected chi connectivity index (χ0v) is 17.3. The van der Waals surface area contributed by atoms with Gasteiger partial charge in [-0.2, -0.15) is 0 Å². The maximum atomic E-state index is 12.9. The van der Waals surface area contributed by atoms with E-state index in [4.69, 9.17) is 0 Å². The second-order valence-electron chi connectivity index (χ2n) is 7.89. The first-order chi connectivity index (χ1) is 12.8. The number of amides is 1. The number of hydrogen-bond acceptors (Lipinski definition) is 6. The normalized spacial score (nSPS) is 17.1. The van der Waals surface area contributed by atoms with Gasteiger partial charge in [-0.15, -0.1) is 5.10 Å². The highest BCUT2D eigenvalue weighted by Gasteiger charge is 2.28. The summed E-state index contributed by atoms with van der Waals surface area (Å²) in [7, 11) is 0. The number of piperazine rings is 1. The van der Waals surface area contributed by atoms with Crippen molar-refractivity contribution in [2.75, 3.05) is 26.2 Å². The molecule has 1 saturated heterocycles. The van der Waals surface area contributed by atoms with E-state index in [9.17, 15) is 4.79 Å². The zero-order chi connectivity index (χ0) is 19.4. The summed E-state index contributed by atoms with van der Waals surface area (Å²) >= 11 is 1.43. The van der Waals surface area contributed by atoms with Gasteiger partial charge in [-0.1, -0.05) is 42.1 Å². The van der Waals surface area contributed by atoms with Gasteiger partial charge in [0.05, 0.1) is 10.8 Å². The van der Waals surface area contributed by atoms with E-state index in [0.717, 1.165) is 32.7 Å². The monoisotopic (exact) mass is 388 g/mol. The average Bonchev–Trinajstić information content (AvgIpc) is 3.11. The Morgan fingerprint density at radius 1 is 1.15 bits per heavy atom. The van der Waals surface area contributed by atoms with Gasteiger partial charge in [0.15, 0.2) is 0 Å². The molecule has 2 aromatic rings. The van der Waals surface area contributed by atoms with Crippen molar-refractivity contribution >= 4 is 17.7 Å². The second-order valence-corrected chi connectivity index (χ2v) is 9.20. The number of nitrogens with zero attached hydrogens (tertiary/aromatic N) is 6. The van der Waals surface area contributed by atoms with Gasteiger partial charge in [-0.25, -0.2) is 4.68 Å². The number of aromatic nitrogens is 4. The van der Waals surface area contributed by atoms with Crippen molar-refractivity contribution < 1.29 is 4.79 Å². The minimum atomic E-state index is -0.211. The van der Waals surface area contributed by atoms with Crippen LogP contribution in [0.3, 0.4) is 0 Å². The molecule has 8 heteroatoms. The molecule has 7 nitrogen and oxygen atoms in total. The number of hydrogen-bond donors (Lipinski definition) is 0. The quantitative estimate of drug-likeness (QED) is 0.732. The maximum absolute atomic E-state index is 12.9. The first-order valence-electron chi connectivity index (χ1n) is 9.35. The smallest absolute Gasteiger partial charge is 0.235 e. The van der Waals surface area contributed by atoms with E-state index in [2.05, 4.69) is 44.7 Å². The summed E-state index contributed by atoms with van der Waals surface area (Å²) in [5.41, 5.74) is 1.10. The highest BCUT2D eigenvalue weighted by molar-refractivity contribution is 8.00. The molecule has 1 fully saturated rings. The Balaban J connectivity index is 1.52. The Labute approximate surface area is 165 Å². The van der Waals surface area contributed by atoms with Crippen molar-refractivity contribution in [2.24, 2.45) is 0 Å². The topological polar surface area (TPSA) is 67.2 Å². The summed E-state index contributed by atoms with van der Waals surface area (Å²) in [6, 6.07) is 10.5. The Hall–Kier alpha value is -1.93. The maximum Gasteiger partial charge on any atom is 0.235 e. The average molecular weight is 389 g/mol. The van der Waals surface area contributed by atoms with Crippen molar-refractivity contribution in [1.82, 2.24) is 30.0 Å². The van der Waals surface area contributed by atoms with Crippen LogP contribution in [0.1, 0.15) is 33.3 Å². The lowest BCUT2D eigenvalue weighted by Crippen LogP contribution is -2.50. The van der Waals surface area contributed by atoms with Crippen LogP contribution < -0.4 is 0 Å². The summed E-state index contributed by atoms with van der Waals surface area (Å²) in [6.45, 7) is 12.3.